The van der Waals surface area contributed by atoms with E-state index in [2.05, 4.69) is 33.8 Å². The third-order valence-corrected chi connectivity index (χ3v) is 8.41. The van der Waals surface area contributed by atoms with Gasteiger partial charge in [0.2, 0.25) is 0 Å². The van der Waals surface area contributed by atoms with E-state index in [0.29, 0.717) is 16.9 Å². The van der Waals surface area contributed by atoms with Crippen molar-refractivity contribution in [2.24, 2.45) is 0 Å². The van der Waals surface area contributed by atoms with Crippen molar-refractivity contribution in [1.29, 1.82) is 0 Å². The number of para-hydroxylation sites is 2. The lowest BCUT2D eigenvalue weighted by Crippen LogP contribution is -2.24. The number of carbonyl (C=O) groups is 1. The van der Waals surface area contributed by atoms with Gasteiger partial charge in [-0.3, -0.25) is 9.20 Å². The molecule has 1 saturated carbocycles. The number of nitrogens with two attached hydrogens (primary N) is 1. The van der Waals surface area contributed by atoms with Crippen LogP contribution in [0.1, 0.15) is 51.5 Å². The molecule has 1 aliphatic carbocycles. The van der Waals surface area contributed by atoms with Gasteiger partial charge >= 0.3 is 0 Å². The minimum Gasteiger partial charge on any atom is -0.397 e. The van der Waals surface area contributed by atoms with Gasteiger partial charge in [0.05, 0.1) is 23.3 Å². The Morgan fingerprint density at radius 2 is 1.78 bits per heavy atom. The molecule has 3 aromatic heterocycles. The van der Waals surface area contributed by atoms with Crippen molar-refractivity contribution in [2.45, 2.75) is 38.0 Å². The molecule has 0 aliphatic heterocycles. The zero-order valence-electron chi connectivity index (χ0n) is 20.1. The van der Waals surface area contributed by atoms with Crippen LogP contribution in [0.3, 0.4) is 0 Å². The van der Waals surface area contributed by atoms with Crippen LogP contribution >= 0.6 is 11.3 Å². The SMILES string of the molecule is Cc1sc(C2(c3ccc(C(=O)Nc4ccccc4N)cc3)CCCC2)nc1-c1cnc2ccccn12. The Morgan fingerprint density at radius 1 is 1.03 bits per heavy atom. The number of nitrogens with zero attached hydrogens (tertiary/aromatic N) is 3. The quantitative estimate of drug-likeness (QED) is 0.275. The summed E-state index contributed by atoms with van der Waals surface area (Å²) in [6.07, 6.45) is 8.39. The van der Waals surface area contributed by atoms with E-state index < -0.39 is 0 Å². The third-order valence-electron chi connectivity index (χ3n) is 7.23. The molecule has 3 heterocycles. The van der Waals surface area contributed by atoms with Gasteiger partial charge in [-0.15, -0.1) is 11.3 Å². The molecule has 1 amide bonds. The highest BCUT2D eigenvalue weighted by Crippen LogP contribution is 2.49. The van der Waals surface area contributed by atoms with Gasteiger partial charge in [0.15, 0.2) is 0 Å². The number of carbonyl (C=O) groups excluding carboxylic acids is 1. The summed E-state index contributed by atoms with van der Waals surface area (Å²) in [5, 5.41) is 4.06. The number of aryl methyl sites for hydroxylation is 1. The van der Waals surface area contributed by atoms with Crippen LogP contribution < -0.4 is 11.1 Å². The van der Waals surface area contributed by atoms with Crippen molar-refractivity contribution in [1.82, 2.24) is 14.4 Å². The molecule has 0 saturated heterocycles. The number of pyridine rings is 1. The first-order valence-electron chi connectivity index (χ1n) is 12.2. The summed E-state index contributed by atoms with van der Waals surface area (Å²) in [6.45, 7) is 2.14. The summed E-state index contributed by atoms with van der Waals surface area (Å²) in [7, 11) is 0. The molecule has 7 heteroatoms. The number of rotatable bonds is 5. The fourth-order valence-electron chi connectivity index (χ4n) is 5.30. The minimum atomic E-state index is -0.167. The molecule has 2 aromatic carbocycles. The Labute approximate surface area is 213 Å². The lowest BCUT2D eigenvalue weighted by molar-refractivity contribution is 0.102. The zero-order valence-corrected chi connectivity index (χ0v) is 20.9. The molecule has 0 spiro atoms. The maximum atomic E-state index is 12.8. The normalized spacial score (nSPS) is 14.8. The second-order valence-corrected chi connectivity index (χ2v) is 10.6. The third kappa shape index (κ3) is 3.76. The molecule has 1 aliphatic rings. The van der Waals surface area contributed by atoms with Crippen LogP contribution in [0.4, 0.5) is 11.4 Å². The molecular weight excluding hydrogens is 466 g/mol. The number of hydrogen-bond acceptors (Lipinski definition) is 5. The van der Waals surface area contributed by atoms with Gasteiger partial charge in [-0.1, -0.05) is 43.2 Å². The first kappa shape index (κ1) is 22.5. The lowest BCUT2D eigenvalue weighted by Gasteiger charge is -2.27. The molecule has 0 atom stereocenters. The first-order chi connectivity index (χ1) is 17.5. The fraction of sp³-hybridized carbons (Fsp3) is 0.207. The van der Waals surface area contributed by atoms with Gasteiger partial charge in [0.25, 0.3) is 5.91 Å². The van der Waals surface area contributed by atoms with Crippen LogP contribution in [0.15, 0.2) is 79.1 Å². The number of hydrogen-bond donors (Lipinski definition) is 2. The molecule has 0 bridgehead atoms. The number of amides is 1. The van der Waals surface area contributed by atoms with Crippen LogP contribution in [0.2, 0.25) is 0 Å². The summed E-state index contributed by atoms with van der Waals surface area (Å²) >= 11 is 1.78. The van der Waals surface area contributed by atoms with Gasteiger partial charge in [-0.25, -0.2) is 9.97 Å². The predicted octanol–water partition coefficient (Wildman–Crippen LogP) is 6.46. The minimum absolute atomic E-state index is 0.132. The van der Waals surface area contributed by atoms with Crippen LogP contribution in [0.25, 0.3) is 17.0 Å². The maximum Gasteiger partial charge on any atom is 0.255 e. The topological polar surface area (TPSA) is 85.3 Å². The Bertz CT molecular complexity index is 1560. The highest BCUT2D eigenvalue weighted by molar-refractivity contribution is 7.12. The van der Waals surface area contributed by atoms with Crippen LogP contribution in [-0.4, -0.2) is 20.3 Å². The molecule has 0 radical (unpaired) electrons. The average molecular weight is 494 g/mol. The maximum absolute atomic E-state index is 12.8. The van der Waals surface area contributed by atoms with Gasteiger partial charge < -0.3 is 11.1 Å². The standard InChI is InChI=1S/C29H27N5OS/c1-19-26(24-18-31-25-10-4-7-17-34(24)25)33-28(36-19)29(15-5-6-16-29)21-13-11-20(12-14-21)27(35)32-23-9-3-2-8-22(23)30/h2-4,7-14,17-18H,5-6,15-16,30H2,1H3,(H,32,35). The van der Waals surface area contributed by atoms with Crippen molar-refractivity contribution in [2.75, 3.05) is 11.1 Å². The summed E-state index contributed by atoms with van der Waals surface area (Å²) in [5.41, 5.74) is 11.8. The van der Waals surface area contributed by atoms with Crippen molar-refractivity contribution in [3.05, 3.63) is 100 Å². The van der Waals surface area contributed by atoms with Crippen LogP contribution in [-0.2, 0) is 5.41 Å². The molecule has 36 heavy (non-hydrogen) atoms. The Kier molecular flexibility index (Phi) is 5.57. The summed E-state index contributed by atoms with van der Waals surface area (Å²) in [6, 6.07) is 21.3. The van der Waals surface area contributed by atoms with E-state index in [-0.39, 0.29) is 11.3 Å². The number of nitrogens with one attached hydrogen (secondary N) is 1. The number of nitrogen functional groups attached to an aromatic ring is 1. The van der Waals surface area contributed by atoms with Crippen molar-refractivity contribution in [3.8, 4) is 11.4 Å². The highest BCUT2D eigenvalue weighted by Gasteiger charge is 2.40. The predicted molar refractivity (Wildman–Crippen MR) is 146 cm³/mol. The second-order valence-electron chi connectivity index (χ2n) is 9.40. The van der Waals surface area contributed by atoms with Crippen molar-refractivity contribution in [3.63, 3.8) is 0 Å². The summed E-state index contributed by atoms with van der Waals surface area (Å²) in [5.74, 6) is -0.167. The molecule has 3 N–H and O–H groups in total. The molecule has 180 valence electrons. The van der Waals surface area contributed by atoms with Crippen molar-refractivity contribution < 1.29 is 4.79 Å². The van der Waals surface area contributed by atoms with Crippen molar-refractivity contribution >= 4 is 34.3 Å². The average Bonchev–Trinajstić information content (AvgIpc) is 3.64. The smallest absolute Gasteiger partial charge is 0.255 e. The van der Waals surface area contributed by atoms with Gasteiger partial charge in [-0.05, 0) is 61.7 Å². The fourth-order valence-corrected chi connectivity index (χ4v) is 6.49. The highest BCUT2D eigenvalue weighted by atomic mass is 32.1. The van der Waals surface area contributed by atoms with E-state index in [9.17, 15) is 4.79 Å². The summed E-state index contributed by atoms with van der Waals surface area (Å²) in [4.78, 5) is 23.8. The monoisotopic (exact) mass is 493 g/mol. The van der Waals surface area contributed by atoms with Crippen LogP contribution in [0.5, 0.6) is 0 Å². The Hall–Kier alpha value is -3.97. The lowest BCUT2D eigenvalue weighted by atomic mass is 9.79. The Morgan fingerprint density at radius 3 is 2.56 bits per heavy atom. The molecule has 0 unspecified atom stereocenters. The molecule has 6 nitrogen and oxygen atoms in total. The molecular formula is C29H27N5OS. The first-order valence-corrected chi connectivity index (χ1v) is 13.0. The largest absolute Gasteiger partial charge is 0.397 e. The van der Waals surface area contributed by atoms with Crippen LogP contribution in [0, 0.1) is 6.92 Å². The summed E-state index contributed by atoms with van der Waals surface area (Å²) < 4.78 is 2.10. The van der Waals surface area contributed by atoms with E-state index in [1.807, 2.05) is 54.9 Å². The molecule has 5 aromatic rings. The van der Waals surface area contributed by atoms with E-state index in [0.717, 1.165) is 34.9 Å². The zero-order chi connectivity index (χ0) is 24.7. The second kappa shape index (κ2) is 8.91. The molecule has 1 fully saturated rings. The van der Waals surface area contributed by atoms with E-state index in [1.54, 1.807) is 23.5 Å². The van der Waals surface area contributed by atoms with E-state index in [4.69, 9.17) is 10.7 Å². The number of anilines is 2. The van der Waals surface area contributed by atoms with Gasteiger partial charge in [-0.2, -0.15) is 0 Å². The molecule has 6 rings (SSSR count). The number of benzene rings is 2. The number of fused-ring (bicyclic) bond motifs is 1. The van der Waals surface area contributed by atoms with Gasteiger partial charge in [0.1, 0.15) is 16.3 Å². The Balaban J connectivity index is 1.33. The number of thiazole rings is 1. The van der Waals surface area contributed by atoms with Gasteiger partial charge in [0, 0.05) is 22.1 Å². The van der Waals surface area contributed by atoms with E-state index >= 15 is 0 Å². The number of aromatic nitrogens is 3. The van der Waals surface area contributed by atoms with E-state index in [1.165, 1.54) is 23.3 Å². The number of imidazole rings is 1.